The molecule has 1 saturated heterocycles. The molecule has 1 fully saturated rings. The van der Waals surface area contributed by atoms with E-state index in [9.17, 15) is 0 Å². The van der Waals surface area contributed by atoms with E-state index in [1.807, 2.05) is 6.07 Å². The fourth-order valence-electron chi connectivity index (χ4n) is 2.22. The van der Waals surface area contributed by atoms with Crippen LogP contribution in [0.5, 0.6) is 0 Å². The van der Waals surface area contributed by atoms with Crippen LogP contribution in [0.1, 0.15) is 18.6 Å². The highest BCUT2D eigenvalue weighted by Gasteiger charge is 2.20. The number of furan rings is 1. The molecular formula is C12H20N2O. The number of nitrogens with zero attached hydrogens (tertiary/aromatic N) is 2. The smallest absolute Gasteiger partial charge is 0.117 e. The third-order valence-electron chi connectivity index (χ3n) is 3.25. The van der Waals surface area contributed by atoms with Crippen LogP contribution in [0.4, 0.5) is 0 Å². The van der Waals surface area contributed by atoms with Gasteiger partial charge in [0.1, 0.15) is 5.76 Å². The molecule has 1 aliphatic rings. The monoisotopic (exact) mass is 208 g/mol. The second-order valence-corrected chi connectivity index (χ2v) is 4.55. The van der Waals surface area contributed by atoms with Gasteiger partial charge in [-0.3, -0.25) is 4.90 Å². The van der Waals surface area contributed by atoms with Crippen LogP contribution < -0.4 is 0 Å². The van der Waals surface area contributed by atoms with Gasteiger partial charge in [-0.2, -0.15) is 0 Å². The Morgan fingerprint density at radius 2 is 2.13 bits per heavy atom. The number of piperidine rings is 1. The summed E-state index contributed by atoms with van der Waals surface area (Å²) in [6, 6.07) is 4.78. The lowest BCUT2D eigenvalue weighted by Gasteiger charge is -2.34. The van der Waals surface area contributed by atoms with Crippen LogP contribution in [-0.4, -0.2) is 43.0 Å². The Bertz CT molecular complexity index is 274. The molecule has 0 unspecified atom stereocenters. The molecule has 0 N–H and O–H groups in total. The van der Waals surface area contributed by atoms with E-state index in [0.717, 1.165) is 18.3 Å². The third-order valence-corrected chi connectivity index (χ3v) is 3.25. The van der Waals surface area contributed by atoms with E-state index in [4.69, 9.17) is 4.42 Å². The van der Waals surface area contributed by atoms with Crippen LogP contribution in [0.15, 0.2) is 22.8 Å². The van der Waals surface area contributed by atoms with Crippen LogP contribution in [-0.2, 0) is 6.54 Å². The topological polar surface area (TPSA) is 19.6 Å². The summed E-state index contributed by atoms with van der Waals surface area (Å²) in [5.41, 5.74) is 0. The van der Waals surface area contributed by atoms with E-state index in [1.165, 1.54) is 25.9 Å². The first-order valence-corrected chi connectivity index (χ1v) is 5.67. The van der Waals surface area contributed by atoms with Gasteiger partial charge in [-0.1, -0.05) is 0 Å². The average Bonchev–Trinajstić information content (AvgIpc) is 2.71. The molecule has 0 atom stereocenters. The van der Waals surface area contributed by atoms with Crippen molar-refractivity contribution in [1.82, 2.24) is 9.80 Å². The van der Waals surface area contributed by atoms with Gasteiger partial charge in [0.15, 0.2) is 0 Å². The fraction of sp³-hybridized carbons (Fsp3) is 0.667. The first kappa shape index (κ1) is 10.7. The van der Waals surface area contributed by atoms with Gasteiger partial charge in [0.2, 0.25) is 0 Å². The standard InChI is InChI=1S/C12H20N2O/c1-13(2)11-5-7-14(8-6-11)10-12-4-3-9-15-12/h3-4,9,11H,5-8,10H2,1-2H3. The van der Waals surface area contributed by atoms with Crippen LogP contribution in [0.3, 0.4) is 0 Å². The van der Waals surface area contributed by atoms with Gasteiger partial charge in [0, 0.05) is 19.1 Å². The molecule has 2 heterocycles. The van der Waals surface area contributed by atoms with Gasteiger partial charge in [0.25, 0.3) is 0 Å². The lowest BCUT2D eigenvalue weighted by atomic mass is 10.0. The molecule has 3 heteroatoms. The van der Waals surface area contributed by atoms with Crippen molar-refractivity contribution < 1.29 is 4.42 Å². The van der Waals surface area contributed by atoms with Crippen LogP contribution in [0.2, 0.25) is 0 Å². The van der Waals surface area contributed by atoms with Crippen LogP contribution in [0, 0.1) is 0 Å². The lowest BCUT2D eigenvalue weighted by molar-refractivity contribution is 0.133. The Labute approximate surface area is 91.7 Å². The summed E-state index contributed by atoms with van der Waals surface area (Å²) in [5.74, 6) is 1.08. The van der Waals surface area contributed by atoms with E-state index in [-0.39, 0.29) is 0 Å². The molecule has 0 saturated carbocycles. The minimum Gasteiger partial charge on any atom is -0.468 e. The van der Waals surface area contributed by atoms with Crippen molar-refractivity contribution in [2.75, 3.05) is 27.2 Å². The zero-order valence-corrected chi connectivity index (χ0v) is 9.65. The quantitative estimate of drug-likeness (QED) is 0.755. The van der Waals surface area contributed by atoms with Crippen molar-refractivity contribution in [2.24, 2.45) is 0 Å². The molecule has 0 aromatic carbocycles. The largest absolute Gasteiger partial charge is 0.468 e. The predicted octanol–water partition coefficient (Wildman–Crippen LogP) is 1.81. The Morgan fingerprint density at radius 3 is 2.67 bits per heavy atom. The average molecular weight is 208 g/mol. The molecule has 15 heavy (non-hydrogen) atoms. The molecular weight excluding hydrogens is 188 g/mol. The molecule has 3 nitrogen and oxygen atoms in total. The molecule has 2 rings (SSSR count). The van der Waals surface area contributed by atoms with Gasteiger partial charge >= 0.3 is 0 Å². The zero-order valence-electron chi connectivity index (χ0n) is 9.65. The van der Waals surface area contributed by atoms with Crippen LogP contribution >= 0.6 is 0 Å². The van der Waals surface area contributed by atoms with Gasteiger partial charge in [-0.25, -0.2) is 0 Å². The first-order chi connectivity index (χ1) is 7.25. The molecule has 84 valence electrons. The fourth-order valence-corrected chi connectivity index (χ4v) is 2.22. The summed E-state index contributed by atoms with van der Waals surface area (Å²) in [7, 11) is 4.35. The van der Waals surface area contributed by atoms with Crippen molar-refractivity contribution in [2.45, 2.75) is 25.4 Å². The predicted molar refractivity (Wildman–Crippen MR) is 60.7 cm³/mol. The van der Waals surface area contributed by atoms with Crippen molar-refractivity contribution in [1.29, 1.82) is 0 Å². The Hall–Kier alpha value is -0.800. The van der Waals surface area contributed by atoms with E-state index >= 15 is 0 Å². The zero-order chi connectivity index (χ0) is 10.7. The molecule has 0 bridgehead atoms. The molecule has 1 aromatic rings. The summed E-state index contributed by atoms with van der Waals surface area (Å²) in [6.07, 6.45) is 4.29. The summed E-state index contributed by atoms with van der Waals surface area (Å²) >= 11 is 0. The number of likely N-dealkylation sites (tertiary alicyclic amines) is 1. The van der Waals surface area contributed by atoms with Crippen molar-refractivity contribution in [3.05, 3.63) is 24.2 Å². The minimum absolute atomic E-state index is 0.762. The molecule has 1 aromatic heterocycles. The summed E-state index contributed by atoms with van der Waals surface area (Å²) in [5, 5.41) is 0. The molecule has 0 amide bonds. The van der Waals surface area contributed by atoms with E-state index < -0.39 is 0 Å². The second kappa shape index (κ2) is 4.81. The Balaban J connectivity index is 1.79. The normalized spacial score (nSPS) is 19.9. The van der Waals surface area contributed by atoms with Crippen molar-refractivity contribution in [3.63, 3.8) is 0 Å². The van der Waals surface area contributed by atoms with Crippen molar-refractivity contribution >= 4 is 0 Å². The van der Waals surface area contributed by atoms with Gasteiger partial charge < -0.3 is 9.32 Å². The maximum absolute atomic E-state index is 5.36. The molecule has 0 aliphatic carbocycles. The molecule has 1 aliphatic heterocycles. The second-order valence-electron chi connectivity index (χ2n) is 4.55. The lowest BCUT2D eigenvalue weighted by Crippen LogP contribution is -2.41. The summed E-state index contributed by atoms with van der Waals surface area (Å²) < 4.78 is 5.36. The van der Waals surface area contributed by atoms with E-state index in [2.05, 4.69) is 30.0 Å². The maximum atomic E-state index is 5.36. The van der Waals surface area contributed by atoms with E-state index in [0.29, 0.717) is 0 Å². The highest BCUT2D eigenvalue weighted by Crippen LogP contribution is 2.16. The summed E-state index contributed by atoms with van der Waals surface area (Å²) in [4.78, 5) is 4.81. The molecule has 0 radical (unpaired) electrons. The first-order valence-electron chi connectivity index (χ1n) is 5.67. The van der Waals surface area contributed by atoms with Gasteiger partial charge in [-0.15, -0.1) is 0 Å². The summed E-state index contributed by atoms with van der Waals surface area (Å²) in [6.45, 7) is 3.33. The minimum atomic E-state index is 0.762. The number of hydrogen-bond acceptors (Lipinski definition) is 3. The number of rotatable bonds is 3. The van der Waals surface area contributed by atoms with Crippen molar-refractivity contribution in [3.8, 4) is 0 Å². The highest BCUT2D eigenvalue weighted by molar-refractivity contribution is 4.98. The SMILES string of the molecule is CN(C)C1CCN(Cc2ccco2)CC1. The number of hydrogen-bond donors (Lipinski definition) is 0. The van der Waals surface area contributed by atoms with Crippen LogP contribution in [0.25, 0.3) is 0 Å². The molecule has 0 spiro atoms. The Morgan fingerprint density at radius 1 is 1.40 bits per heavy atom. The highest BCUT2D eigenvalue weighted by atomic mass is 16.3. The van der Waals surface area contributed by atoms with Gasteiger partial charge in [-0.05, 0) is 39.1 Å². The van der Waals surface area contributed by atoms with E-state index in [1.54, 1.807) is 6.26 Å². The Kier molecular flexibility index (Phi) is 3.44. The van der Waals surface area contributed by atoms with Gasteiger partial charge in [0.05, 0.1) is 12.8 Å². The maximum Gasteiger partial charge on any atom is 0.117 e. The third kappa shape index (κ3) is 2.83.